The second kappa shape index (κ2) is 6.92. The van der Waals surface area contributed by atoms with Crippen molar-refractivity contribution in [1.29, 1.82) is 0 Å². The van der Waals surface area contributed by atoms with Crippen LogP contribution in [0, 0.1) is 19.8 Å². The maximum absolute atomic E-state index is 11.2. The number of benzene rings is 1. The summed E-state index contributed by atoms with van der Waals surface area (Å²) in [6.45, 7) is 6.06. The molecule has 19 heavy (non-hydrogen) atoms. The van der Waals surface area contributed by atoms with E-state index in [1.54, 1.807) is 0 Å². The first-order valence-corrected chi connectivity index (χ1v) is 6.82. The van der Waals surface area contributed by atoms with E-state index in [1.807, 2.05) is 32.9 Å². The smallest absolute Gasteiger partial charge is 0.305 e. The minimum Gasteiger partial charge on any atom is -0.469 e. The van der Waals surface area contributed by atoms with Crippen LogP contribution in [0.25, 0.3) is 0 Å². The molecule has 0 amide bonds. The lowest BCUT2D eigenvalue weighted by Crippen LogP contribution is -2.17. The summed E-state index contributed by atoms with van der Waals surface area (Å²) >= 11 is 6.24. The molecule has 1 rings (SSSR count). The normalized spacial score (nSPS) is 14.0. The molecule has 0 spiro atoms. The number of hydrogen-bond acceptors (Lipinski definition) is 3. The number of hydrogen-bond donors (Lipinski definition) is 1. The minimum absolute atomic E-state index is 0.161. The second-order valence-corrected chi connectivity index (χ2v) is 5.59. The van der Waals surface area contributed by atoms with Crippen molar-refractivity contribution >= 4 is 17.6 Å². The maximum atomic E-state index is 11.2. The van der Waals surface area contributed by atoms with Gasteiger partial charge in [0.05, 0.1) is 7.11 Å². The molecule has 0 aliphatic heterocycles. The Morgan fingerprint density at radius 2 is 1.95 bits per heavy atom. The van der Waals surface area contributed by atoms with Gasteiger partial charge in [-0.15, -0.1) is 0 Å². The number of carbonyl (C=O) groups excluding carboxylic acids is 1. The fourth-order valence-electron chi connectivity index (χ4n) is 2.10. The van der Waals surface area contributed by atoms with Crippen molar-refractivity contribution in [2.24, 2.45) is 11.7 Å². The summed E-state index contributed by atoms with van der Waals surface area (Å²) in [5.74, 6) is -0.0361. The zero-order valence-corrected chi connectivity index (χ0v) is 12.8. The largest absolute Gasteiger partial charge is 0.469 e. The van der Waals surface area contributed by atoms with Gasteiger partial charge in [-0.3, -0.25) is 4.79 Å². The summed E-state index contributed by atoms with van der Waals surface area (Å²) in [6.07, 6.45) is 1.09. The van der Waals surface area contributed by atoms with Crippen LogP contribution in [0.2, 0.25) is 5.02 Å². The van der Waals surface area contributed by atoms with Crippen molar-refractivity contribution in [1.82, 2.24) is 0 Å². The van der Waals surface area contributed by atoms with Crippen molar-refractivity contribution in [2.45, 2.75) is 39.7 Å². The van der Waals surface area contributed by atoms with Gasteiger partial charge in [0.2, 0.25) is 0 Å². The van der Waals surface area contributed by atoms with Gasteiger partial charge in [-0.1, -0.05) is 24.6 Å². The number of methoxy groups -OCH3 is 1. The van der Waals surface area contributed by atoms with Gasteiger partial charge < -0.3 is 10.5 Å². The number of esters is 1. The zero-order chi connectivity index (χ0) is 14.6. The SMILES string of the molecule is COC(=O)CC(C)CC(N)c1cc(C)c(C)cc1Cl. The molecule has 2 atom stereocenters. The van der Waals surface area contributed by atoms with Crippen LogP contribution in [0.4, 0.5) is 0 Å². The van der Waals surface area contributed by atoms with Gasteiger partial charge in [0.25, 0.3) is 0 Å². The van der Waals surface area contributed by atoms with Gasteiger partial charge in [0, 0.05) is 17.5 Å². The summed E-state index contributed by atoms with van der Waals surface area (Å²) in [7, 11) is 1.40. The Balaban J connectivity index is 2.75. The molecule has 2 unspecified atom stereocenters. The number of ether oxygens (including phenoxy) is 1. The highest BCUT2D eigenvalue weighted by Crippen LogP contribution is 2.29. The lowest BCUT2D eigenvalue weighted by atomic mass is 9.92. The predicted molar refractivity (Wildman–Crippen MR) is 78.3 cm³/mol. The summed E-state index contributed by atoms with van der Waals surface area (Å²) in [5, 5.41) is 0.695. The average Bonchev–Trinajstić information content (AvgIpc) is 2.33. The van der Waals surface area contributed by atoms with E-state index < -0.39 is 0 Å². The molecule has 0 fully saturated rings. The number of carbonyl (C=O) groups is 1. The number of halogens is 1. The topological polar surface area (TPSA) is 52.3 Å². The van der Waals surface area contributed by atoms with Crippen molar-refractivity contribution in [3.05, 3.63) is 33.8 Å². The number of aryl methyl sites for hydroxylation is 2. The Morgan fingerprint density at radius 1 is 1.37 bits per heavy atom. The van der Waals surface area contributed by atoms with Crippen molar-refractivity contribution < 1.29 is 9.53 Å². The van der Waals surface area contributed by atoms with Crippen LogP contribution in [0.15, 0.2) is 12.1 Å². The van der Waals surface area contributed by atoms with E-state index in [9.17, 15) is 4.79 Å². The molecule has 2 N–H and O–H groups in total. The third-order valence-electron chi connectivity index (χ3n) is 3.41. The summed E-state index contributed by atoms with van der Waals surface area (Å²) < 4.78 is 4.66. The van der Waals surface area contributed by atoms with E-state index in [2.05, 4.69) is 4.74 Å². The fraction of sp³-hybridized carbons (Fsp3) is 0.533. The van der Waals surface area contributed by atoms with E-state index >= 15 is 0 Å². The van der Waals surface area contributed by atoms with E-state index in [0.29, 0.717) is 17.9 Å². The van der Waals surface area contributed by atoms with E-state index in [1.165, 1.54) is 12.7 Å². The van der Waals surface area contributed by atoms with Gasteiger partial charge in [-0.05, 0) is 48.9 Å². The molecule has 0 bridgehead atoms. The van der Waals surface area contributed by atoms with Crippen molar-refractivity contribution in [3.63, 3.8) is 0 Å². The highest BCUT2D eigenvalue weighted by Gasteiger charge is 2.17. The number of rotatable bonds is 5. The van der Waals surface area contributed by atoms with Gasteiger partial charge in [-0.25, -0.2) is 0 Å². The molecular formula is C15H22ClNO2. The Kier molecular flexibility index (Phi) is 5.83. The molecule has 0 aliphatic carbocycles. The Morgan fingerprint density at radius 3 is 2.53 bits per heavy atom. The molecule has 0 radical (unpaired) electrons. The van der Waals surface area contributed by atoms with Crippen molar-refractivity contribution in [3.8, 4) is 0 Å². The van der Waals surface area contributed by atoms with Gasteiger partial charge in [0.15, 0.2) is 0 Å². The maximum Gasteiger partial charge on any atom is 0.305 e. The van der Waals surface area contributed by atoms with Crippen LogP contribution in [0.5, 0.6) is 0 Å². The Bertz CT molecular complexity index is 460. The van der Waals surface area contributed by atoms with E-state index in [0.717, 1.165) is 11.1 Å². The Hall–Kier alpha value is -1.06. The van der Waals surface area contributed by atoms with Crippen LogP contribution < -0.4 is 5.73 Å². The molecule has 0 saturated heterocycles. The summed E-state index contributed by atoms with van der Waals surface area (Å²) in [6, 6.07) is 3.82. The van der Waals surface area contributed by atoms with Gasteiger partial charge >= 0.3 is 5.97 Å². The molecular weight excluding hydrogens is 262 g/mol. The highest BCUT2D eigenvalue weighted by atomic mass is 35.5. The molecule has 3 nitrogen and oxygen atoms in total. The summed E-state index contributed by atoms with van der Waals surface area (Å²) in [4.78, 5) is 11.2. The molecule has 0 aliphatic rings. The monoisotopic (exact) mass is 283 g/mol. The molecule has 1 aromatic carbocycles. The lowest BCUT2D eigenvalue weighted by Gasteiger charge is -2.19. The molecule has 0 saturated carbocycles. The quantitative estimate of drug-likeness (QED) is 0.841. The predicted octanol–water partition coefficient (Wildman–Crippen LogP) is 3.55. The molecule has 4 heteroatoms. The second-order valence-electron chi connectivity index (χ2n) is 5.19. The first-order chi connectivity index (χ1) is 8.85. The van der Waals surface area contributed by atoms with Gasteiger partial charge in [0.1, 0.15) is 0 Å². The van der Waals surface area contributed by atoms with Crippen LogP contribution in [0.3, 0.4) is 0 Å². The van der Waals surface area contributed by atoms with Crippen LogP contribution in [0.1, 0.15) is 42.5 Å². The summed E-state index contributed by atoms with van der Waals surface area (Å²) in [5.41, 5.74) is 9.47. The van der Waals surface area contributed by atoms with Gasteiger partial charge in [-0.2, -0.15) is 0 Å². The fourth-order valence-corrected chi connectivity index (χ4v) is 2.46. The Labute approximate surface area is 120 Å². The lowest BCUT2D eigenvalue weighted by molar-refractivity contribution is -0.141. The van der Waals surface area contributed by atoms with E-state index in [-0.39, 0.29) is 17.9 Å². The number of nitrogens with two attached hydrogens (primary N) is 1. The van der Waals surface area contributed by atoms with Crippen molar-refractivity contribution in [2.75, 3.05) is 7.11 Å². The first-order valence-electron chi connectivity index (χ1n) is 6.44. The molecule has 0 heterocycles. The molecule has 1 aromatic rings. The zero-order valence-electron chi connectivity index (χ0n) is 12.0. The molecule has 106 valence electrons. The van der Waals surface area contributed by atoms with E-state index in [4.69, 9.17) is 17.3 Å². The first kappa shape index (κ1) is 16.0. The average molecular weight is 284 g/mol. The standard InChI is InChI=1S/C15H22ClNO2/c1-9(6-15(18)19-4)5-14(17)12-7-10(2)11(3)8-13(12)16/h7-9,14H,5-6,17H2,1-4H3. The molecule has 0 aromatic heterocycles. The van der Waals surface area contributed by atoms with Crippen LogP contribution >= 0.6 is 11.6 Å². The highest BCUT2D eigenvalue weighted by molar-refractivity contribution is 6.31. The van der Waals surface area contributed by atoms with Crippen LogP contribution in [-0.2, 0) is 9.53 Å². The third kappa shape index (κ3) is 4.51. The van der Waals surface area contributed by atoms with Crippen LogP contribution in [-0.4, -0.2) is 13.1 Å². The third-order valence-corrected chi connectivity index (χ3v) is 3.74. The minimum atomic E-state index is -0.203.